The maximum Gasteiger partial charge on any atom is 0.348 e. The van der Waals surface area contributed by atoms with Gasteiger partial charge in [-0.1, -0.05) is 0 Å². The van der Waals surface area contributed by atoms with Crippen molar-refractivity contribution in [1.82, 2.24) is 0 Å². The van der Waals surface area contributed by atoms with Gasteiger partial charge in [-0.2, -0.15) is 0 Å². The molecule has 0 fully saturated rings. The van der Waals surface area contributed by atoms with Crippen LogP contribution in [0, 0.1) is 0 Å². The lowest BCUT2D eigenvalue weighted by Gasteiger charge is -2.13. The van der Waals surface area contributed by atoms with E-state index in [1.165, 1.54) is 55.3 Å². The Hall–Kier alpha value is -2.49. The summed E-state index contributed by atoms with van der Waals surface area (Å²) in [4.78, 5) is 37.0. The molecule has 6 nitrogen and oxygen atoms in total. The second-order valence-corrected chi connectivity index (χ2v) is 8.37. The summed E-state index contributed by atoms with van der Waals surface area (Å²) in [6.45, 7) is 0. The van der Waals surface area contributed by atoms with E-state index in [2.05, 4.69) is 0 Å². The molecule has 0 saturated carbocycles. The topological polar surface area (TPSA) is 78.9 Å². The number of ether oxygens (including phenoxy) is 3. The van der Waals surface area contributed by atoms with Gasteiger partial charge in [-0.25, -0.2) is 14.4 Å². The molecule has 0 unspecified atom stereocenters. The molecule has 0 amide bonds. The van der Waals surface area contributed by atoms with Crippen LogP contribution in [0.15, 0.2) is 34.3 Å². The van der Waals surface area contributed by atoms with Gasteiger partial charge in [-0.05, 0) is 51.0 Å². The average molecular weight is 437 g/mol. The van der Waals surface area contributed by atoms with Crippen molar-refractivity contribution < 1.29 is 28.6 Å². The van der Waals surface area contributed by atoms with Crippen molar-refractivity contribution in [1.29, 1.82) is 0 Å². The number of carbonyl (C=O) groups excluding carboxylic acids is 3. The highest BCUT2D eigenvalue weighted by atomic mass is 32.1. The van der Waals surface area contributed by atoms with E-state index in [9.17, 15) is 14.4 Å². The SMILES string of the molecule is COC(=O)c1cc(C(c2csc(C(=O)OC)c2)c2csc(C(=O)OC)c2)cs1. The quantitative estimate of drug-likeness (QED) is 0.421. The zero-order valence-corrected chi connectivity index (χ0v) is 17.7. The fourth-order valence-corrected chi connectivity index (χ4v) is 5.26. The molecule has 0 aliphatic carbocycles. The summed E-state index contributed by atoms with van der Waals surface area (Å²) < 4.78 is 14.4. The number of esters is 3. The lowest BCUT2D eigenvalue weighted by Crippen LogP contribution is -2.03. The molecule has 0 N–H and O–H groups in total. The fourth-order valence-electron chi connectivity index (χ4n) is 2.71. The molecule has 3 rings (SSSR count). The second kappa shape index (κ2) is 8.68. The minimum absolute atomic E-state index is 0.251. The third-order valence-corrected chi connectivity index (χ3v) is 6.80. The fraction of sp³-hybridized carbons (Fsp3) is 0.211. The van der Waals surface area contributed by atoms with Crippen molar-refractivity contribution in [3.8, 4) is 0 Å². The lowest BCUT2D eigenvalue weighted by atomic mass is 9.89. The molecule has 0 aliphatic rings. The Labute approximate surface area is 173 Å². The third-order valence-electron chi connectivity index (χ3n) is 4.02. The molecule has 9 heteroatoms. The summed E-state index contributed by atoms with van der Waals surface area (Å²) >= 11 is 3.85. The van der Waals surface area contributed by atoms with E-state index < -0.39 is 17.9 Å². The van der Waals surface area contributed by atoms with Gasteiger partial charge in [-0.3, -0.25) is 0 Å². The molecule has 3 aromatic heterocycles. The molecule has 0 radical (unpaired) electrons. The van der Waals surface area contributed by atoms with E-state index >= 15 is 0 Å². The van der Waals surface area contributed by atoms with Gasteiger partial charge in [0, 0.05) is 5.92 Å². The average Bonchev–Trinajstić information content (AvgIpc) is 3.47. The number of hydrogen-bond donors (Lipinski definition) is 0. The first-order valence-corrected chi connectivity index (χ1v) is 10.6. The highest BCUT2D eigenvalue weighted by Crippen LogP contribution is 2.38. The van der Waals surface area contributed by atoms with Crippen LogP contribution >= 0.6 is 34.0 Å². The van der Waals surface area contributed by atoms with E-state index in [0.29, 0.717) is 14.6 Å². The molecule has 0 spiro atoms. The third kappa shape index (κ3) is 4.01. The van der Waals surface area contributed by atoms with Crippen LogP contribution < -0.4 is 0 Å². The van der Waals surface area contributed by atoms with Crippen molar-refractivity contribution in [2.24, 2.45) is 0 Å². The molecule has 0 aromatic carbocycles. The summed E-state index contributed by atoms with van der Waals surface area (Å²) in [6, 6.07) is 5.31. The molecule has 0 saturated heterocycles. The number of methoxy groups -OCH3 is 3. The zero-order chi connectivity index (χ0) is 20.3. The Morgan fingerprint density at radius 1 is 0.643 bits per heavy atom. The lowest BCUT2D eigenvalue weighted by molar-refractivity contribution is 0.0597. The van der Waals surface area contributed by atoms with Crippen molar-refractivity contribution in [3.05, 3.63) is 65.7 Å². The van der Waals surface area contributed by atoms with Crippen molar-refractivity contribution in [3.63, 3.8) is 0 Å². The normalized spacial score (nSPS) is 10.7. The van der Waals surface area contributed by atoms with E-state index in [4.69, 9.17) is 14.2 Å². The number of hydrogen-bond acceptors (Lipinski definition) is 9. The molecule has 0 aliphatic heterocycles. The first-order chi connectivity index (χ1) is 13.5. The van der Waals surface area contributed by atoms with Crippen molar-refractivity contribution in [2.75, 3.05) is 21.3 Å². The highest BCUT2D eigenvalue weighted by Gasteiger charge is 2.25. The molecule has 0 bridgehead atoms. The predicted molar refractivity (Wildman–Crippen MR) is 108 cm³/mol. The zero-order valence-electron chi connectivity index (χ0n) is 15.2. The van der Waals surface area contributed by atoms with E-state index in [0.717, 1.165) is 16.7 Å². The Morgan fingerprint density at radius 2 is 0.929 bits per heavy atom. The number of carbonyl (C=O) groups is 3. The van der Waals surface area contributed by atoms with Gasteiger partial charge in [0.2, 0.25) is 0 Å². The highest BCUT2D eigenvalue weighted by molar-refractivity contribution is 7.13. The Bertz CT molecular complexity index is 883. The van der Waals surface area contributed by atoms with Crippen LogP contribution in [0.25, 0.3) is 0 Å². The summed E-state index contributed by atoms with van der Waals surface area (Å²) in [7, 11) is 4.01. The summed E-state index contributed by atoms with van der Waals surface area (Å²) in [6.07, 6.45) is 0. The maximum atomic E-state index is 11.9. The maximum absolute atomic E-state index is 11.9. The van der Waals surface area contributed by atoms with Gasteiger partial charge in [0.25, 0.3) is 0 Å². The van der Waals surface area contributed by atoms with Crippen LogP contribution in [0.1, 0.15) is 51.6 Å². The minimum atomic E-state index is -0.406. The molecule has 0 atom stereocenters. The van der Waals surface area contributed by atoms with Gasteiger partial charge in [0.1, 0.15) is 14.6 Å². The first-order valence-electron chi connectivity index (χ1n) is 7.98. The Balaban J connectivity index is 2.06. The second-order valence-electron chi connectivity index (χ2n) is 5.64. The van der Waals surface area contributed by atoms with Crippen LogP contribution in [0.4, 0.5) is 0 Å². The molecular formula is C19H16O6S3. The van der Waals surface area contributed by atoms with E-state index in [1.807, 2.05) is 16.1 Å². The monoisotopic (exact) mass is 436 g/mol. The smallest absolute Gasteiger partial charge is 0.348 e. The number of thiophene rings is 3. The van der Waals surface area contributed by atoms with Gasteiger partial charge < -0.3 is 14.2 Å². The first kappa shape index (κ1) is 20.2. The van der Waals surface area contributed by atoms with Crippen molar-refractivity contribution in [2.45, 2.75) is 5.92 Å². The van der Waals surface area contributed by atoms with Crippen LogP contribution in [0.5, 0.6) is 0 Å². The molecule has 28 heavy (non-hydrogen) atoms. The van der Waals surface area contributed by atoms with E-state index in [1.54, 1.807) is 18.2 Å². The predicted octanol–water partition coefficient (Wildman–Crippen LogP) is 4.41. The standard InChI is InChI=1S/C19H16O6S3/c1-23-17(20)13-4-10(7-26-13)16(11-5-14(27-8-11)18(21)24-2)12-6-15(28-9-12)19(22)25-3/h4-9,16H,1-3H3. The Morgan fingerprint density at radius 3 is 1.18 bits per heavy atom. The summed E-state index contributed by atoms with van der Waals surface area (Å²) in [5.74, 6) is -1.47. The summed E-state index contributed by atoms with van der Waals surface area (Å²) in [5.41, 5.74) is 2.61. The van der Waals surface area contributed by atoms with Crippen LogP contribution in [0.2, 0.25) is 0 Å². The van der Waals surface area contributed by atoms with Crippen molar-refractivity contribution >= 4 is 51.9 Å². The van der Waals surface area contributed by atoms with Crippen LogP contribution in [0.3, 0.4) is 0 Å². The van der Waals surface area contributed by atoms with Gasteiger partial charge in [0.05, 0.1) is 21.3 Å². The van der Waals surface area contributed by atoms with Gasteiger partial charge in [0.15, 0.2) is 0 Å². The molecule has 146 valence electrons. The van der Waals surface area contributed by atoms with Crippen LogP contribution in [-0.2, 0) is 14.2 Å². The largest absolute Gasteiger partial charge is 0.465 e. The van der Waals surface area contributed by atoms with Gasteiger partial charge >= 0.3 is 17.9 Å². The summed E-state index contributed by atoms with van der Waals surface area (Å²) in [5, 5.41) is 5.63. The van der Waals surface area contributed by atoms with Crippen LogP contribution in [-0.4, -0.2) is 39.2 Å². The number of rotatable bonds is 6. The molecular weight excluding hydrogens is 420 g/mol. The van der Waals surface area contributed by atoms with E-state index in [-0.39, 0.29) is 5.92 Å². The molecule has 3 aromatic rings. The minimum Gasteiger partial charge on any atom is -0.465 e. The Kier molecular flexibility index (Phi) is 6.28. The van der Waals surface area contributed by atoms with Gasteiger partial charge in [-0.15, -0.1) is 34.0 Å². The molecule has 3 heterocycles.